The first-order valence-corrected chi connectivity index (χ1v) is 4.32. The lowest BCUT2D eigenvalue weighted by molar-refractivity contribution is -0.137. The van der Waals surface area contributed by atoms with Gasteiger partial charge < -0.3 is 5.11 Å². The van der Waals surface area contributed by atoms with Gasteiger partial charge in [-0.3, -0.25) is 4.79 Å². The van der Waals surface area contributed by atoms with Crippen molar-refractivity contribution in [1.82, 2.24) is 0 Å². The molecule has 0 spiro atoms. The standard InChI is InChI=1S/C7H11BrO2/c8-7(5-6(9)10)3-1-2-4-7/h1-5H2,(H,9,10). The normalized spacial score (nSPS) is 22.9. The quantitative estimate of drug-likeness (QED) is 0.704. The fourth-order valence-corrected chi connectivity index (χ4v) is 2.26. The van der Waals surface area contributed by atoms with Gasteiger partial charge in [-0.05, 0) is 12.8 Å². The molecule has 0 bridgehead atoms. The zero-order chi connectivity index (χ0) is 7.61. The van der Waals surface area contributed by atoms with Crippen LogP contribution < -0.4 is 0 Å². The number of hydrogen-bond donors (Lipinski definition) is 1. The molecule has 0 aromatic heterocycles. The molecule has 2 nitrogen and oxygen atoms in total. The van der Waals surface area contributed by atoms with Gasteiger partial charge in [-0.1, -0.05) is 28.8 Å². The maximum Gasteiger partial charge on any atom is 0.304 e. The van der Waals surface area contributed by atoms with Gasteiger partial charge in [0, 0.05) is 4.32 Å². The molecule has 0 radical (unpaired) electrons. The van der Waals surface area contributed by atoms with E-state index in [1.165, 1.54) is 12.8 Å². The number of alkyl halides is 1. The van der Waals surface area contributed by atoms with Crippen molar-refractivity contribution in [3.8, 4) is 0 Å². The number of rotatable bonds is 2. The summed E-state index contributed by atoms with van der Waals surface area (Å²) in [6.07, 6.45) is 4.63. The van der Waals surface area contributed by atoms with Crippen molar-refractivity contribution in [2.24, 2.45) is 0 Å². The van der Waals surface area contributed by atoms with E-state index in [-0.39, 0.29) is 10.7 Å². The lowest BCUT2D eigenvalue weighted by atomic mass is 10.0. The van der Waals surface area contributed by atoms with Crippen LogP contribution in [0.5, 0.6) is 0 Å². The van der Waals surface area contributed by atoms with E-state index in [0.29, 0.717) is 0 Å². The second-order valence-corrected chi connectivity index (χ2v) is 4.61. The Morgan fingerprint density at radius 3 is 2.40 bits per heavy atom. The number of carboxylic acid groups (broad SMARTS) is 1. The van der Waals surface area contributed by atoms with Crippen molar-refractivity contribution in [1.29, 1.82) is 0 Å². The van der Waals surface area contributed by atoms with E-state index in [9.17, 15) is 4.79 Å². The Kier molecular flexibility index (Phi) is 2.34. The Bertz CT molecular complexity index is 139. The second kappa shape index (κ2) is 2.91. The Morgan fingerprint density at radius 2 is 2.00 bits per heavy atom. The van der Waals surface area contributed by atoms with Crippen LogP contribution in [0.3, 0.4) is 0 Å². The van der Waals surface area contributed by atoms with Crippen molar-refractivity contribution in [3.05, 3.63) is 0 Å². The Labute approximate surface area is 68.7 Å². The minimum atomic E-state index is -0.696. The molecular weight excluding hydrogens is 196 g/mol. The van der Waals surface area contributed by atoms with Gasteiger partial charge in [0.1, 0.15) is 0 Å². The van der Waals surface area contributed by atoms with Crippen LogP contribution in [0.15, 0.2) is 0 Å². The summed E-state index contributed by atoms with van der Waals surface area (Å²) in [5.41, 5.74) is 0. The molecule has 0 aliphatic heterocycles. The zero-order valence-electron chi connectivity index (χ0n) is 5.77. The first-order valence-electron chi connectivity index (χ1n) is 3.53. The predicted molar refractivity (Wildman–Crippen MR) is 42.4 cm³/mol. The van der Waals surface area contributed by atoms with Gasteiger partial charge >= 0.3 is 5.97 Å². The summed E-state index contributed by atoms with van der Waals surface area (Å²) < 4.78 is -0.0706. The van der Waals surface area contributed by atoms with E-state index in [1.54, 1.807) is 0 Å². The van der Waals surface area contributed by atoms with E-state index < -0.39 is 5.97 Å². The molecule has 1 rings (SSSR count). The highest BCUT2D eigenvalue weighted by Gasteiger charge is 2.32. The summed E-state index contributed by atoms with van der Waals surface area (Å²) in [4.78, 5) is 10.3. The third-order valence-corrected chi connectivity index (χ3v) is 3.04. The largest absolute Gasteiger partial charge is 0.481 e. The third kappa shape index (κ3) is 1.97. The predicted octanol–water partition coefficient (Wildman–Crippen LogP) is 2.17. The zero-order valence-corrected chi connectivity index (χ0v) is 7.35. The average molecular weight is 207 g/mol. The Hall–Kier alpha value is -0.0500. The van der Waals surface area contributed by atoms with E-state index in [0.717, 1.165) is 12.8 Å². The second-order valence-electron chi connectivity index (χ2n) is 2.93. The van der Waals surface area contributed by atoms with Gasteiger partial charge in [-0.25, -0.2) is 0 Å². The van der Waals surface area contributed by atoms with Crippen molar-refractivity contribution in [2.75, 3.05) is 0 Å². The SMILES string of the molecule is O=C(O)CC1(Br)CCCC1. The van der Waals surface area contributed by atoms with Crippen molar-refractivity contribution < 1.29 is 9.90 Å². The van der Waals surface area contributed by atoms with Crippen LogP contribution in [-0.4, -0.2) is 15.4 Å². The van der Waals surface area contributed by atoms with Gasteiger partial charge in [0.25, 0.3) is 0 Å². The van der Waals surface area contributed by atoms with Crippen LogP contribution in [0.4, 0.5) is 0 Å². The minimum absolute atomic E-state index is 0.0706. The van der Waals surface area contributed by atoms with Gasteiger partial charge in [0.2, 0.25) is 0 Å². The first kappa shape index (κ1) is 8.05. The number of halogens is 1. The molecule has 1 N–H and O–H groups in total. The summed E-state index contributed by atoms with van der Waals surface area (Å²) in [7, 11) is 0. The molecule has 0 aromatic rings. The number of hydrogen-bond acceptors (Lipinski definition) is 1. The summed E-state index contributed by atoms with van der Waals surface area (Å²) in [5.74, 6) is -0.696. The van der Waals surface area contributed by atoms with Crippen molar-refractivity contribution >= 4 is 21.9 Å². The van der Waals surface area contributed by atoms with E-state index in [2.05, 4.69) is 15.9 Å². The number of aliphatic carboxylic acids is 1. The lowest BCUT2D eigenvalue weighted by Gasteiger charge is -2.17. The van der Waals surface area contributed by atoms with E-state index in [4.69, 9.17) is 5.11 Å². The molecule has 1 aliphatic carbocycles. The highest BCUT2D eigenvalue weighted by Crippen LogP contribution is 2.40. The molecule has 1 saturated carbocycles. The smallest absolute Gasteiger partial charge is 0.304 e. The Balaban J connectivity index is 2.43. The monoisotopic (exact) mass is 206 g/mol. The van der Waals surface area contributed by atoms with Crippen LogP contribution in [0.1, 0.15) is 32.1 Å². The fraction of sp³-hybridized carbons (Fsp3) is 0.857. The molecule has 0 heterocycles. The Morgan fingerprint density at radius 1 is 1.50 bits per heavy atom. The minimum Gasteiger partial charge on any atom is -0.481 e. The molecule has 1 aliphatic rings. The molecule has 58 valence electrons. The van der Waals surface area contributed by atoms with Crippen LogP contribution in [0, 0.1) is 0 Å². The van der Waals surface area contributed by atoms with Crippen molar-refractivity contribution in [3.63, 3.8) is 0 Å². The summed E-state index contributed by atoms with van der Waals surface area (Å²) >= 11 is 3.47. The molecule has 0 aromatic carbocycles. The van der Waals surface area contributed by atoms with Gasteiger partial charge in [-0.15, -0.1) is 0 Å². The molecule has 0 saturated heterocycles. The van der Waals surface area contributed by atoms with Crippen LogP contribution in [-0.2, 0) is 4.79 Å². The summed E-state index contributed by atoms with van der Waals surface area (Å²) in [6.45, 7) is 0. The molecular formula is C7H11BrO2. The van der Waals surface area contributed by atoms with Crippen LogP contribution in [0.2, 0.25) is 0 Å². The van der Waals surface area contributed by atoms with E-state index in [1.807, 2.05) is 0 Å². The lowest BCUT2D eigenvalue weighted by Crippen LogP contribution is -2.19. The fourth-order valence-electron chi connectivity index (χ4n) is 1.46. The van der Waals surface area contributed by atoms with Gasteiger partial charge in [-0.2, -0.15) is 0 Å². The maximum absolute atomic E-state index is 10.3. The molecule has 0 amide bonds. The number of carbonyl (C=O) groups is 1. The molecule has 0 atom stereocenters. The molecule has 0 unspecified atom stereocenters. The van der Waals surface area contributed by atoms with Crippen LogP contribution >= 0.6 is 15.9 Å². The third-order valence-electron chi connectivity index (χ3n) is 1.97. The first-order chi connectivity index (χ1) is 4.62. The highest BCUT2D eigenvalue weighted by molar-refractivity contribution is 9.10. The highest BCUT2D eigenvalue weighted by atomic mass is 79.9. The topological polar surface area (TPSA) is 37.3 Å². The molecule has 3 heteroatoms. The van der Waals surface area contributed by atoms with E-state index >= 15 is 0 Å². The maximum atomic E-state index is 10.3. The molecule has 1 fully saturated rings. The number of carboxylic acids is 1. The van der Waals surface area contributed by atoms with Gasteiger partial charge in [0.05, 0.1) is 6.42 Å². The molecule has 10 heavy (non-hydrogen) atoms. The van der Waals surface area contributed by atoms with Gasteiger partial charge in [0.15, 0.2) is 0 Å². The van der Waals surface area contributed by atoms with Crippen molar-refractivity contribution in [2.45, 2.75) is 36.4 Å². The van der Waals surface area contributed by atoms with Crippen LogP contribution in [0.25, 0.3) is 0 Å². The summed E-state index contributed by atoms with van der Waals surface area (Å²) in [6, 6.07) is 0. The average Bonchev–Trinajstić information content (AvgIpc) is 2.12. The summed E-state index contributed by atoms with van der Waals surface area (Å²) in [5, 5.41) is 8.51.